The summed E-state index contributed by atoms with van der Waals surface area (Å²) in [5.41, 5.74) is 0.788. The zero-order chi connectivity index (χ0) is 19.3. The summed E-state index contributed by atoms with van der Waals surface area (Å²) in [6.07, 6.45) is 2.72. The van der Waals surface area contributed by atoms with Crippen LogP contribution in [0.2, 0.25) is 0 Å². The number of methoxy groups -OCH3 is 1. The summed E-state index contributed by atoms with van der Waals surface area (Å²) >= 11 is 0. The van der Waals surface area contributed by atoms with Gasteiger partial charge in [-0.1, -0.05) is 12.1 Å². The molecule has 2 atom stereocenters. The standard InChI is InChI=1S/C20H33N3O4/c1-3-21-20(22-10-6-11-26-15-18-9-5-12-27-18)23-14-19(24)16-7-4-8-17(13-16)25-2/h4,7-8,13,18-19,24H,3,5-6,9-12,14-15H2,1-2H3,(H2,21,22,23). The van der Waals surface area contributed by atoms with Gasteiger partial charge < -0.3 is 30.0 Å². The minimum Gasteiger partial charge on any atom is -0.497 e. The van der Waals surface area contributed by atoms with Gasteiger partial charge in [-0.15, -0.1) is 0 Å². The summed E-state index contributed by atoms with van der Waals surface area (Å²) in [5, 5.41) is 16.8. The Morgan fingerprint density at radius 3 is 3.04 bits per heavy atom. The molecule has 0 saturated carbocycles. The van der Waals surface area contributed by atoms with Crippen molar-refractivity contribution in [1.82, 2.24) is 10.6 Å². The van der Waals surface area contributed by atoms with Crippen LogP contribution < -0.4 is 15.4 Å². The zero-order valence-electron chi connectivity index (χ0n) is 16.4. The van der Waals surface area contributed by atoms with E-state index >= 15 is 0 Å². The van der Waals surface area contributed by atoms with E-state index in [0.717, 1.165) is 50.3 Å². The van der Waals surface area contributed by atoms with Crippen molar-refractivity contribution in [2.24, 2.45) is 4.99 Å². The highest BCUT2D eigenvalue weighted by Gasteiger charge is 2.15. The Hall–Kier alpha value is -1.83. The van der Waals surface area contributed by atoms with E-state index in [9.17, 15) is 5.11 Å². The monoisotopic (exact) mass is 379 g/mol. The lowest BCUT2D eigenvalue weighted by Crippen LogP contribution is -2.38. The fourth-order valence-electron chi connectivity index (χ4n) is 2.85. The highest BCUT2D eigenvalue weighted by molar-refractivity contribution is 5.79. The zero-order valence-corrected chi connectivity index (χ0v) is 16.4. The molecule has 7 nitrogen and oxygen atoms in total. The molecule has 152 valence electrons. The second-order valence-corrected chi connectivity index (χ2v) is 6.50. The highest BCUT2D eigenvalue weighted by Crippen LogP contribution is 2.19. The van der Waals surface area contributed by atoms with E-state index in [0.29, 0.717) is 19.2 Å². The summed E-state index contributed by atoms with van der Waals surface area (Å²) in [7, 11) is 1.61. The van der Waals surface area contributed by atoms with Crippen molar-refractivity contribution in [3.63, 3.8) is 0 Å². The fraction of sp³-hybridized carbons (Fsp3) is 0.650. The van der Waals surface area contributed by atoms with Crippen LogP contribution in [0, 0.1) is 0 Å². The molecule has 7 heteroatoms. The van der Waals surface area contributed by atoms with Gasteiger partial charge in [0.2, 0.25) is 0 Å². The second kappa shape index (κ2) is 12.5. The number of aliphatic hydroxyl groups is 1. The maximum atomic E-state index is 10.4. The number of ether oxygens (including phenoxy) is 3. The SMILES string of the molecule is CCNC(=NCC(O)c1cccc(OC)c1)NCCCOCC1CCCO1. The van der Waals surface area contributed by atoms with Crippen LogP contribution in [0.15, 0.2) is 29.3 Å². The number of aliphatic imine (C=N–C) groups is 1. The van der Waals surface area contributed by atoms with Crippen LogP contribution >= 0.6 is 0 Å². The molecule has 1 aromatic carbocycles. The minimum atomic E-state index is -0.676. The average molecular weight is 380 g/mol. The van der Waals surface area contributed by atoms with Crippen molar-refractivity contribution >= 4 is 5.96 Å². The quantitative estimate of drug-likeness (QED) is 0.309. The van der Waals surface area contributed by atoms with Gasteiger partial charge in [0.15, 0.2) is 5.96 Å². The molecule has 1 heterocycles. The lowest BCUT2D eigenvalue weighted by atomic mass is 10.1. The van der Waals surface area contributed by atoms with E-state index in [4.69, 9.17) is 14.2 Å². The first-order chi connectivity index (χ1) is 13.2. The first kappa shape index (κ1) is 21.5. The summed E-state index contributed by atoms with van der Waals surface area (Å²) in [6.45, 7) is 6.04. The number of nitrogens with zero attached hydrogens (tertiary/aromatic N) is 1. The molecule has 0 radical (unpaired) electrons. The van der Waals surface area contributed by atoms with Crippen LogP contribution in [-0.4, -0.2) is 63.7 Å². The van der Waals surface area contributed by atoms with Crippen LogP contribution in [0.5, 0.6) is 5.75 Å². The van der Waals surface area contributed by atoms with Crippen molar-refractivity contribution in [3.8, 4) is 5.75 Å². The van der Waals surface area contributed by atoms with Gasteiger partial charge in [0.05, 0.1) is 32.5 Å². The lowest BCUT2D eigenvalue weighted by molar-refractivity contribution is 0.0168. The van der Waals surface area contributed by atoms with E-state index < -0.39 is 6.10 Å². The highest BCUT2D eigenvalue weighted by atomic mass is 16.5. The first-order valence-corrected chi connectivity index (χ1v) is 9.76. The molecule has 0 bridgehead atoms. The van der Waals surface area contributed by atoms with Crippen molar-refractivity contribution in [3.05, 3.63) is 29.8 Å². The van der Waals surface area contributed by atoms with Gasteiger partial charge in [-0.25, -0.2) is 0 Å². The number of rotatable bonds is 11. The Morgan fingerprint density at radius 1 is 1.41 bits per heavy atom. The minimum absolute atomic E-state index is 0.273. The molecular formula is C20H33N3O4. The van der Waals surface area contributed by atoms with Gasteiger partial charge in [-0.05, 0) is 43.9 Å². The van der Waals surface area contributed by atoms with Crippen molar-refractivity contribution in [2.45, 2.75) is 38.4 Å². The predicted octanol–water partition coefficient (Wildman–Crippen LogP) is 1.87. The molecule has 0 aliphatic carbocycles. The Labute approximate surface area is 162 Å². The third-order valence-electron chi connectivity index (χ3n) is 4.33. The molecule has 2 unspecified atom stereocenters. The summed E-state index contributed by atoms with van der Waals surface area (Å²) < 4.78 is 16.4. The fourth-order valence-corrected chi connectivity index (χ4v) is 2.85. The summed E-state index contributed by atoms with van der Waals surface area (Å²) in [4.78, 5) is 4.47. The van der Waals surface area contributed by atoms with Gasteiger partial charge >= 0.3 is 0 Å². The largest absolute Gasteiger partial charge is 0.497 e. The van der Waals surface area contributed by atoms with E-state index in [2.05, 4.69) is 15.6 Å². The number of aliphatic hydroxyl groups excluding tert-OH is 1. The van der Waals surface area contributed by atoms with E-state index in [1.54, 1.807) is 7.11 Å². The van der Waals surface area contributed by atoms with Gasteiger partial charge in [-0.3, -0.25) is 4.99 Å². The van der Waals surface area contributed by atoms with Crippen molar-refractivity contribution in [1.29, 1.82) is 0 Å². The Bertz CT molecular complexity index is 562. The molecule has 3 N–H and O–H groups in total. The molecule has 1 aliphatic rings. The number of hydrogen-bond donors (Lipinski definition) is 3. The van der Waals surface area contributed by atoms with Gasteiger partial charge in [0, 0.05) is 26.3 Å². The average Bonchev–Trinajstić information content (AvgIpc) is 3.21. The molecule has 0 amide bonds. The lowest BCUT2D eigenvalue weighted by Gasteiger charge is -2.14. The van der Waals surface area contributed by atoms with E-state index in [1.807, 2.05) is 31.2 Å². The smallest absolute Gasteiger partial charge is 0.191 e. The third-order valence-corrected chi connectivity index (χ3v) is 4.33. The summed E-state index contributed by atoms with van der Waals surface area (Å²) in [6, 6.07) is 7.41. The molecule has 0 aromatic heterocycles. The Balaban J connectivity index is 1.69. The van der Waals surface area contributed by atoms with Gasteiger partial charge in [-0.2, -0.15) is 0 Å². The summed E-state index contributed by atoms with van der Waals surface area (Å²) in [5.74, 6) is 1.42. The molecule has 0 spiro atoms. The normalized spacial score (nSPS) is 18.3. The van der Waals surface area contributed by atoms with Crippen LogP contribution in [0.3, 0.4) is 0 Å². The van der Waals surface area contributed by atoms with Crippen LogP contribution in [0.4, 0.5) is 0 Å². The van der Waals surface area contributed by atoms with Crippen molar-refractivity contribution in [2.75, 3.05) is 46.6 Å². The molecule has 27 heavy (non-hydrogen) atoms. The Kier molecular flexibility index (Phi) is 9.97. The van der Waals surface area contributed by atoms with Crippen LogP contribution in [0.1, 0.15) is 37.9 Å². The van der Waals surface area contributed by atoms with Crippen molar-refractivity contribution < 1.29 is 19.3 Å². The number of hydrogen-bond acceptors (Lipinski definition) is 5. The predicted molar refractivity (Wildman–Crippen MR) is 106 cm³/mol. The first-order valence-electron chi connectivity index (χ1n) is 9.76. The topological polar surface area (TPSA) is 84.3 Å². The molecule has 2 rings (SSSR count). The van der Waals surface area contributed by atoms with E-state index in [1.165, 1.54) is 0 Å². The molecule has 1 fully saturated rings. The van der Waals surface area contributed by atoms with Crippen LogP contribution in [-0.2, 0) is 9.47 Å². The molecular weight excluding hydrogens is 346 g/mol. The molecule has 1 aromatic rings. The second-order valence-electron chi connectivity index (χ2n) is 6.50. The number of benzene rings is 1. The molecule has 1 saturated heterocycles. The van der Waals surface area contributed by atoms with E-state index in [-0.39, 0.29) is 12.6 Å². The number of guanidine groups is 1. The number of nitrogens with one attached hydrogen (secondary N) is 2. The van der Waals surface area contributed by atoms with Crippen LogP contribution in [0.25, 0.3) is 0 Å². The third kappa shape index (κ3) is 8.15. The Morgan fingerprint density at radius 2 is 2.30 bits per heavy atom. The van der Waals surface area contributed by atoms with Gasteiger partial charge in [0.25, 0.3) is 0 Å². The van der Waals surface area contributed by atoms with Gasteiger partial charge in [0.1, 0.15) is 5.75 Å². The maximum absolute atomic E-state index is 10.4. The molecule has 1 aliphatic heterocycles. The maximum Gasteiger partial charge on any atom is 0.191 e.